The van der Waals surface area contributed by atoms with Crippen LogP contribution in [0.5, 0.6) is 5.75 Å². The molecule has 0 spiro atoms. The third-order valence-corrected chi connectivity index (χ3v) is 2.56. The summed E-state index contributed by atoms with van der Waals surface area (Å²) in [5, 5.41) is 3.10. The number of hydrogen-bond donors (Lipinski definition) is 1. The summed E-state index contributed by atoms with van der Waals surface area (Å²) in [5.41, 5.74) is 1.05. The molecule has 2 rings (SSSR count). The molecule has 1 N–H and O–H groups in total. The van der Waals surface area contributed by atoms with E-state index in [4.69, 9.17) is 16.3 Å². The number of anilines is 1. The molecule has 0 unspecified atom stereocenters. The summed E-state index contributed by atoms with van der Waals surface area (Å²) in [6.07, 6.45) is 1.50. The standard InChI is InChI=1S/C13H11ClN2O2/c1-18-11-5-3-2-4-10(11)13(17)16-9-6-7-12(14)15-8-9/h2-8H,1H3,(H,16,17). The summed E-state index contributed by atoms with van der Waals surface area (Å²) >= 11 is 5.67. The van der Waals surface area contributed by atoms with Gasteiger partial charge in [0.15, 0.2) is 0 Å². The summed E-state index contributed by atoms with van der Waals surface area (Å²) in [6.45, 7) is 0. The molecule has 1 aromatic heterocycles. The average molecular weight is 263 g/mol. The number of carbonyl (C=O) groups excluding carboxylic acids is 1. The Balaban J connectivity index is 2.19. The van der Waals surface area contributed by atoms with E-state index in [1.165, 1.54) is 13.3 Å². The first kappa shape index (κ1) is 12.4. The molecule has 0 atom stereocenters. The van der Waals surface area contributed by atoms with E-state index in [0.29, 0.717) is 22.2 Å². The van der Waals surface area contributed by atoms with E-state index < -0.39 is 0 Å². The molecule has 1 aromatic carbocycles. The Labute approximate surface area is 110 Å². The van der Waals surface area contributed by atoms with Crippen molar-refractivity contribution in [3.8, 4) is 5.75 Å². The van der Waals surface area contributed by atoms with Crippen molar-refractivity contribution >= 4 is 23.2 Å². The lowest BCUT2D eigenvalue weighted by molar-refractivity contribution is 0.102. The highest BCUT2D eigenvalue weighted by molar-refractivity contribution is 6.29. The lowest BCUT2D eigenvalue weighted by Crippen LogP contribution is -2.13. The summed E-state index contributed by atoms with van der Waals surface area (Å²) in [5.74, 6) is 0.272. The maximum absolute atomic E-state index is 12.0. The average Bonchev–Trinajstić information content (AvgIpc) is 2.41. The van der Waals surface area contributed by atoms with Crippen molar-refractivity contribution in [2.24, 2.45) is 0 Å². The molecule has 1 amide bonds. The highest BCUT2D eigenvalue weighted by Gasteiger charge is 2.11. The number of ether oxygens (including phenoxy) is 1. The molecular formula is C13H11ClN2O2. The van der Waals surface area contributed by atoms with Crippen LogP contribution in [0.25, 0.3) is 0 Å². The Kier molecular flexibility index (Phi) is 3.79. The summed E-state index contributed by atoms with van der Waals surface area (Å²) in [6, 6.07) is 10.3. The summed E-state index contributed by atoms with van der Waals surface area (Å²) < 4.78 is 5.13. The number of methoxy groups -OCH3 is 1. The molecule has 0 bridgehead atoms. The van der Waals surface area contributed by atoms with Crippen molar-refractivity contribution in [2.75, 3.05) is 12.4 Å². The van der Waals surface area contributed by atoms with Gasteiger partial charge in [0.05, 0.1) is 24.6 Å². The molecule has 0 aliphatic carbocycles. The number of carbonyl (C=O) groups is 1. The number of halogens is 1. The van der Waals surface area contributed by atoms with Crippen LogP contribution in [-0.2, 0) is 0 Å². The van der Waals surface area contributed by atoms with Crippen molar-refractivity contribution in [3.05, 3.63) is 53.3 Å². The number of rotatable bonds is 3. The van der Waals surface area contributed by atoms with Gasteiger partial charge in [0.2, 0.25) is 0 Å². The van der Waals surface area contributed by atoms with Crippen molar-refractivity contribution in [3.63, 3.8) is 0 Å². The molecule has 0 saturated carbocycles. The predicted molar refractivity (Wildman–Crippen MR) is 70.2 cm³/mol. The highest BCUT2D eigenvalue weighted by atomic mass is 35.5. The van der Waals surface area contributed by atoms with Crippen molar-refractivity contribution in [1.29, 1.82) is 0 Å². The van der Waals surface area contributed by atoms with Crippen LogP contribution in [0.15, 0.2) is 42.6 Å². The van der Waals surface area contributed by atoms with Gasteiger partial charge in [-0.1, -0.05) is 23.7 Å². The molecular weight excluding hydrogens is 252 g/mol. The Morgan fingerprint density at radius 2 is 2.06 bits per heavy atom. The smallest absolute Gasteiger partial charge is 0.259 e. The molecule has 0 saturated heterocycles. The quantitative estimate of drug-likeness (QED) is 0.865. The number of nitrogens with one attached hydrogen (secondary N) is 1. The van der Waals surface area contributed by atoms with Gasteiger partial charge >= 0.3 is 0 Å². The largest absolute Gasteiger partial charge is 0.496 e. The highest BCUT2D eigenvalue weighted by Crippen LogP contribution is 2.19. The Morgan fingerprint density at radius 1 is 1.28 bits per heavy atom. The fourth-order valence-electron chi connectivity index (χ4n) is 1.48. The van der Waals surface area contributed by atoms with Crippen LogP contribution in [0.3, 0.4) is 0 Å². The molecule has 4 nitrogen and oxygen atoms in total. The van der Waals surface area contributed by atoms with E-state index in [9.17, 15) is 4.79 Å². The van der Waals surface area contributed by atoms with Crippen molar-refractivity contribution in [1.82, 2.24) is 4.98 Å². The van der Waals surface area contributed by atoms with E-state index in [1.54, 1.807) is 36.4 Å². The number of aromatic nitrogens is 1. The zero-order valence-corrected chi connectivity index (χ0v) is 10.4. The molecule has 1 heterocycles. The van der Waals surface area contributed by atoms with Gasteiger partial charge in [-0.05, 0) is 24.3 Å². The minimum absolute atomic E-state index is 0.253. The Morgan fingerprint density at radius 3 is 2.72 bits per heavy atom. The fraction of sp³-hybridized carbons (Fsp3) is 0.0769. The normalized spacial score (nSPS) is 9.89. The van der Waals surface area contributed by atoms with Crippen LogP contribution in [0.2, 0.25) is 5.15 Å². The van der Waals surface area contributed by atoms with Gasteiger partial charge in [-0.15, -0.1) is 0 Å². The first-order valence-electron chi connectivity index (χ1n) is 5.26. The molecule has 92 valence electrons. The lowest BCUT2D eigenvalue weighted by atomic mass is 10.2. The molecule has 5 heteroatoms. The maximum Gasteiger partial charge on any atom is 0.259 e. The van der Waals surface area contributed by atoms with Crippen LogP contribution >= 0.6 is 11.6 Å². The lowest BCUT2D eigenvalue weighted by Gasteiger charge is -2.08. The van der Waals surface area contributed by atoms with Gasteiger partial charge in [0, 0.05) is 0 Å². The third kappa shape index (κ3) is 2.78. The number of pyridine rings is 1. The van der Waals surface area contributed by atoms with E-state index in [-0.39, 0.29) is 5.91 Å². The third-order valence-electron chi connectivity index (χ3n) is 2.34. The van der Waals surface area contributed by atoms with Gasteiger partial charge in [-0.25, -0.2) is 4.98 Å². The molecule has 0 aliphatic rings. The number of benzene rings is 1. The Bertz CT molecular complexity index is 555. The van der Waals surface area contributed by atoms with E-state index in [1.807, 2.05) is 0 Å². The minimum Gasteiger partial charge on any atom is -0.496 e. The number of para-hydroxylation sites is 1. The summed E-state index contributed by atoms with van der Waals surface area (Å²) in [4.78, 5) is 15.9. The molecule has 0 radical (unpaired) electrons. The molecule has 18 heavy (non-hydrogen) atoms. The first-order chi connectivity index (χ1) is 8.70. The second-order valence-electron chi connectivity index (χ2n) is 3.52. The minimum atomic E-state index is -0.253. The number of hydrogen-bond acceptors (Lipinski definition) is 3. The van der Waals surface area contributed by atoms with E-state index in [0.717, 1.165) is 0 Å². The van der Waals surface area contributed by atoms with Gasteiger partial charge in [0.25, 0.3) is 5.91 Å². The molecule has 2 aromatic rings. The predicted octanol–water partition coefficient (Wildman–Crippen LogP) is 3.00. The van der Waals surface area contributed by atoms with Gasteiger partial charge in [-0.2, -0.15) is 0 Å². The van der Waals surface area contributed by atoms with E-state index >= 15 is 0 Å². The van der Waals surface area contributed by atoms with Crippen LogP contribution in [-0.4, -0.2) is 18.0 Å². The Hall–Kier alpha value is -2.07. The topological polar surface area (TPSA) is 51.2 Å². The van der Waals surface area contributed by atoms with Gasteiger partial charge in [-0.3, -0.25) is 4.79 Å². The number of amides is 1. The van der Waals surface area contributed by atoms with Crippen LogP contribution in [0.1, 0.15) is 10.4 Å². The molecule has 0 fully saturated rings. The van der Waals surface area contributed by atoms with E-state index in [2.05, 4.69) is 10.3 Å². The van der Waals surface area contributed by atoms with Crippen molar-refractivity contribution in [2.45, 2.75) is 0 Å². The second-order valence-corrected chi connectivity index (χ2v) is 3.91. The van der Waals surface area contributed by atoms with Crippen LogP contribution in [0.4, 0.5) is 5.69 Å². The van der Waals surface area contributed by atoms with Gasteiger partial charge in [0.1, 0.15) is 10.9 Å². The van der Waals surface area contributed by atoms with Crippen molar-refractivity contribution < 1.29 is 9.53 Å². The SMILES string of the molecule is COc1ccccc1C(=O)Nc1ccc(Cl)nc1. The first-order valence-corrected chi connectivity index (χ1v) is 5.64. The van der Waals surface area contributed by atoms with Crippen LogP contribution in [0, 0.1) is 0 Å². The zero-order chi connectivity index (χ0) is 13.0. The fourth-order valence-corrected chi connectivity index (χ4v) is 1.59. The molecule has 0 aliphatic heterocycles. The monoisotopic (exact) mass is 262 g/mol. The number of nitrogens with zero attached hydrogens (tertiary/aromatic N) is 1. The van der Waals surface area contributed by atoms with Gasteiger partial charge < -0.3 is 10.1 Å². The van der Waals surface area contributed by atoms with Crippen LogP contribution < -0.4 is 10.1 Å². The second kappa shape index (κ2) is 5.51. The summed E-state index contributed by atoms with van der Waals surface area (Å²) in [7, 11) is 1.52. The zero-order valence-electron chi connectivity index (χ0n) is 9.68. The maximum atomic E-state index is 12.0.